The molecule has 4 nitrogen and oxygen atoms in total. The van der Waals surface area contributed by atoms with Crippen molar-refractivity contribution in [2.75, 3.05) is 20.1 Å². The Bertz CT molecular complexity index is 528. The number of nitrogens with zero attached hydrogens (tertiary/aromatic N) is 2. The lowest BCUT2D eigenvalue weighted by Crippen LogP contribution is -2.41. The summed E-state index contributed by atoms with van der Waals surface area (Å²) in [5.41, 5.74) is 2.78. The summed E-state index contributed by atoms with van der Waals surface area (Å²) in [4.78, 5) is 6.90. The molecule has 1 heterocycles. The molecule has 1 aromatic rings. The van der Waals surface area contributed by atoms with E-state index in [-0.39, 0.29) is 0 Å². The van der Waals surface area contributed by atoms with Crippen molar-refractivity contribution in [1.82, 2.24) is 15.5 Å². The van der Waals surface area contributed by atoms with Crippen molar-refractivity contribution in [2.45, 2.75) is 53.2 Å². The summed E-state index contributed by atoms with van der Waals surface area (Å²) in [5, 5.41) is 6.77. The second kappa shape index (κ2) is 9.07. The number of aliphatic imine (C=N–C) groups is 1. The molecular weight excluding hydrogens is 296 g/mol. The Hall–Kier alpha value is -1.55. The van der Waals surface area contributed by atoms with Gasteiger partial charge in [-0.15, -0.1) is 0 Å². The maximum absolute atomic E-state index is 4.29. The van der Waals surface area contributed by atoms with E-state index in [0.29, 0.717) is 6.04 Å². The number of nitrogens with one attached hydrogen (secondary N) is 2. The van der Waals surface area contributed by atoms with E-state index in [1.54, 1.807) is 0 Å². The summed E-state index contributed by atoms with van der Waals surface area (Å²) in [5.74, 6) is 2.46. The Balaban J connectivity index is 1.99. The number of hydrogen-bond acceptors (Lipinski definition) is 2. The molecule has 0 spiro atoms. The van der Waals surface area contributed by atoms with Gasteiger partial charge in [0.1, 0.15) is 0 Å². The molecule has 2 N–H and O–H groups in total. The van der Waals surface area contributed by atoms with Crippen LogP contribution in [0.2, 0.25) is 0 Å². The molecule has 1 aliphatic heterocycles. The molecule has 2 unspecified atom stereocenters. The third kappa shape index (κ3) is 5.82. The van der Waals surface area contributed by atoms with Gasteiger partial charge in [-0.3, -0.25) is 9.89 Å². The van der Waals surface area contributed by atoms with E-state index in [1.165, 1.54) is 30.6 Å². The lowest BCUT2D eigenvalue weighted by atomic mass is 9.91. The van der Waals surface area contributed by atoms with Crippen molar-refractivity contribution in [3.63, 3.8) is 0 Å². The van der Waals surface area contributed by atoms with Crippen LogP contribution in [0.4, 0.5) is 0 Å². The van der Waals surface area contributed by atoms with Crippen LogP contribution >= 0.6 is 0 Å². The van der Waals surface area contributed by atoms with Gasteiger partial charge >= 0.3 is 0 Å². The fourth-order valence-electron chi connectivity index (χ4n) is 3.69. The molecule has 1 aliphatic rings. The van der Waals surface area contributed by atoms with Crippen molar-refractivity contribution in [2.24, 2.45) is 16.8 Å². The molecule has 2 atom stereocenters. The SMILES string of the molecule is CN=C(NCc1ccccc1CN1CC(C)CC(C)C1)NC(C)C. The molecule has 1 saturated heterocycles. The molecule has 1 aromatic carbocycles. The first kappa shape index (κ1) is 18.8. The number of rotatable bonds is 5. The lowest BCUT2D eigenvalue weighted by Gasteiger charge is -2.35. The molecule has 0 aliphatic carbocycles. The Morgan fingerprint density at radius 2 is 1.79 bits per heavy atom. The summed E-state index contributed by atoms with van der Waals surface area (Å²) in [6, 6.07) is 9.14. The number of likely N-dealkylation sites (tertiary alicyclic amines) is 1. The molecule has 0 aromatic heterocycles. The number of guanidine groups is 1. The molecule has 0 amide bonds. The van der Waals surface area contributed by atoms with Gasteiger partial charge < -0.3 is 10.6 Å². The highest BCUT2D eigenvalue weighted by Gasteiger charge is 2.22. The minimum Gasteiger partial charge on any atom is -0.354 e. The Kier molecular flexibility index (Phi) is 7.10. The van der Waals surface area contributed by atoms with Gasteiger partial charge in [0.25, 0.3) is 0 Å². The minimum absolute atomic E-state index is 0.378. The molecule has 0 radical (unpaired) electrons. The average Bonchev–Trinajstić information content (AvgIpc) is 2.51. The van der Waals surface area contributed by atoms with Crippen LogP contribution < -0.4 is 10.6 Å². The molecule has 0 saturated carbocycles. The van der Waals surface area contributed by atoms with Gasteiger partial charge in [-0.05, 0) is 43.2 Å². The van der Waals surface area contributed by atoms with Gasteiger partial charge in [-0.2, -0.15) is 0 Å². The van der Waals surface area contributed by atoms with Gasteiger partial charge in [-0.25, -0.2) is 0 Å². The van der Waals surface area contributed by atoms with E-state index in [4.69, 9.17) is 0 Å². The van der Waals surface area contributed by atoms with Gasteiger partial charge in [0, 0.05) is 39.3 Å². The second-order valence-corrected chi connectivity index (χ2v) is 7.63. The lowest BCUT2D eigenvalue weighted by molar-refractivity contribution is 0.134. The quantitative estimate of drug-likeness (QED) is 0.643. The summed E-state index contributed by atoms with van der Waals surface area (Å²) < 4.78 is 0. The van der Waals surface area contributed by atoms with E-state index in [2.05, 4.69) is 72.5 Å². The minimum atomic E-state index is 0.378. The normalized spacial score (nSPS) is 22.7. The molecule has 134 valence electrons. The molecular formula is C20H34N4. The average molecular weight is 331 g/mol. The topological polar surface area (TPSA) is 39.7 Å². The molecule has 1 fully saturated rings. The van der Waals surface area contributed by atoms with Crippen LogP contribution in [-0.2, 0) is 13.1 Å². The first-order valence-corrected chi connectivity index (χ1v) is 9.24. The molecule has 2 rings (SSSR count). The van der Waals surface area contributed by atoms with Crippen LogP contribution in [0, 0.1) is 11.8 Å². The fourth-order valence-corrected chi connectivity index (χ4v) is 3.69. The second-order valence-electron chi connectivity index (χ2n) is 7.63. The van der Waals surface area contributed by atoms with E-state index in [0.717, 1.165) is 30.9 Å². The van der Waals surface area contributed by atoms with Crippen molar-refractivity contribution in [3.05, 3.63) is 35.4 Å². The largest absolute Gasteiger partial charge is 0.354 e. The van der Waals surface area contributed by atoms with Crippen LogP contribution in [0.1, 0.15) is 45.2 Å². The Morgan fingerprint density at radius 1 is 1.17 bits per heavy atom. The fraction of sp³-hybridized carbons (Fsp3) is 0.650. The van der Waals surface area contributed by atoms with Crippen LogP contribution in [0.15, 0.2) is 29.3 Å². The summed E-state index contributed by atoms with van der Waals surface area (Å²) >= 11 is 0. The molecule has 4 heteroatoms. The van der Waals surface area contributed by atoms with E-state index in [9.17, 15) is 0 Å². The molecule has 0 bridgehead atoms. The highest BCUT2D eigenvalue weighted by atomic mass is 15.2. The standard InChI is InChI=1S/C20H34N4/c1-15(2)23-20(21-5)22-11-18-8-6-7-9-19(18)14-24-12-16(3)10-17(4)13-24/h6-9,15-17H,10-14H2,1-5H3,(H2,21,22,23). The zero-order chi connectivity index (χ0) is 17.5. The zero-order valence-electron chi connectivity index (χ0n) is 16.0. The monoisotopic (exact) mass is 330 g/mol. The predicted octanol–water partition coefficient (Wildman–Crippen LogP) is 3.24. The maximum atomic E-state index is 4.29. The summed E-state index contributed by atoms with van der Waals surface area (Å²) in [6.07, 6.45) is 1.36. The third-order valence-electron chi connectivity index (χ3n) is 4.55. The maximum Gasteiger partial charge on any atom is 0.191 e. The third-order valence-corrected chi connectivity index (χ3v) is 4.55. The summed E-state index contributed by atoms with van der Waals surface area (Å²) in [6.45, 7) is 13.3. The first-order valence-electron chi connectivity index (χ1n) is 9.24. The van der Waals surface area contributed by atoms with Gasteiger partial charge in [-0.1, -0.05) is 38.1 Å². The van der Waals surface area contributed by atoms with Gasteiger partial charge in [0.05, 0.1) is 0 Å². The number of piperidine rings is 1. The van der Waals surface area contributed by atoms with Crippen molar-refractivity contribution < 1.29 is 0 Å². The predicted molar refractivity (Wildman–Crippen MR) is 103 cm³/mol. The smallest absolute Gasteiger partial charge is 0.191 e. The highest BCUT2D eigenvalue weighted by molar-refractivity contribution is 5.79. The van der Waals surface area contributed by atoms with Gasteiger partial charge in [0.15, 0.2) is 5.96 Å². The van der Waals surface area contributed by atoms with E-state index in [1.807, 2.05) is 7.05 Å². The van der Waals surface area contributed by atoms with Crippen molar-refractivity contribution >= 4 is 5.96 Å². The van der Waals surface area contributed by atoms with Crippen LogP contribution in [-0.4, -0.2) is 37.0 Å². The zero-order valence-corrected chi connectivity index (χ0v) is 16.0. The molecule has 24 heavy (non-hydrogen) atoms. The highest BCUT2D eigenvalue weighted by Crippen LogP contribution is 2.23. The van der Waals surface area contributed by atoms with Gasteiger partial charge in [0.2, 0.25) is 0 Å². The Labute approximate surface area is 147 Å². The van der Waals surface area contributed by atoms with Crippen LogP contribution in [0.3, 0.4) is 0 Å². The van der Waals surface area contributed by atoms with Crippen molar-refractivity contribution in [1.29, 1.82) is 0 Å². The first-order chi connectivity index (χ1) is 11.5. The van der Waals surface area contributed by atoms with E-state index >= 15 is 0 Å². The summed E-state index contributed by atoms with van der Waals surface area (Å²) in [7, 11) is 1.82. The van der Waals surface area contributed by atoms with Crippen molar-refractivity contribution in [3.8, 4) is 0 Å². The van der Waals surface area contributed by atoms with E-state index < -0.39 is 0 Å². The van der Waals surface area contributed by atoms with Crippen LogP contribution in [0.5, 0.6) is 0 Å². The number of benzene rings is 1. The Morgan fingerprint density at radius 3 is 2.38 bits per heavy atom. The van der Waals surface area contributed by atoms with Crippen LogP contribution in [0.25, 0.3) is 0 Å². The number of hydrogen-bond donors (Lipinski definition) is 2.